The van der Waals surface area contributed by atoms with Gasteiger partial charge in [0.15, 0.2) is 0 Å². The lowest BCUT2D eigenvalue weighted by Crippen LogP contribution is -2.33. The smallest absolute Gasteiger partial charge is 0.0820 e. The lowest BCUT2D eigenvalue weighted by molar-refractivity contribution is 0.238. The fourth-order valence-electron chi connectivity index (χ4n) is 2.46. The van der Waals surface area contributed by atoms with E-state index in [1.807, 2.05) is 6.07 Å². The van der Waals surface area contributed by atoms with Gasteiger partial charge in [0.2, 0.25) is 0 Å². The van der Waals surface area contributed by atoms with Gasteiger partial charge >= 0.3 is 0 Å². The first-order valence-corrected chi connectivity index (χ1v) is 7.06. The SMILES string of the molecule is ClCC1(CNc2ccncc2Cl)CCCCC1. The number of hydrogen-bond acceptors (Lipinski definition) is 2. The van der Waals surface area contributed by atoms with Gasteiger partial charge in [0, 0.05) is 30.2 Å². The summed E-state index contributed by atoms with van der Waals surface area (Å²) < 4.78 is 0. The first-order chi connectivity index (χ1) is 8.26. The predicted octanol–water partition coefficient (Wildman–Crippen LogP) is 4.34. The van der Waals surface area contributed by atoms with Gasteiger partial charge in [-0.3, -0.25) is 4.98 Å². The van der Waals surface area contributed by atoms with Crippen LogP contribution in [0.5, 0.6) is 0 Å². The minimum absolute atomic E-state index is 0.242. The number of nitrogens with zero attached hydrogens (tertiary/aromatic N) is 1. The molecule has 0 spiro atoms. The van der Waals surface area contributed by atoms with Crippen LogP contribution in [0.3, 0.4) is 0 Å². The van der Waals surface area contributed by atoms with Gasteiger partial charge < -0.3 is 5.32 Å². The van der Waals surface area contributed by atoms with E-state index in [1.54, 1.807) is 12.4 Å². The third-order valence-electron chi connectivity index (χ3n) is 3.62. The summed E-state index contributed by atoms with van der Waals surface area (Å²) in [6.07, 6.45) is 9.77. The Hall–Kier alpha value is -0.470. The zero-order valence-electron chi connectivity index (χ0n) is 9.88. The minimum atomic E-state index is 0.242. The molecule has 0 aliphatic heterocycles. The topological polar surface area (TPSA) is 24.9 Å². The molecule has 17 heavy (non-hydrogen) atoms. The highest BCUT2D eigenvalue weighted by molar-refractivity contribution is 6.33. The molecule has 1 N–H and O–H groups in total. The quantitative estimate of drug-likeness (QED) is 0.825. The average molecular weight is 273 g/mol. The maximum absolute atomic E-state index is 6.16. The zero-order valence-corrected chi connectivity index (χ0v) is 11.4. The van der Waals surface area contributed by atoms with E-state index in [1.165, 1.54) is 32.1 Å². The lowest BCUT2D eigenvalue weighted by atomic mass is 9.75. The Morgan fingerprint density at radius 1 is 1.29 bits per heavy atom. The van der Waals surface area contributed by atoms with Gasteiger partial charge in [-0.15, -0.1) is 11.6 Å². The molecular weight excluding hydrogens is 255 g/mol. The fraction of sp³-hybridized carbons (Fsp3) is 0.615. The number of nitrogens with one attached hydrogen (secondary N) is 1. The van der Waals surface area contributed by atoms with Crippen LogP contribution in [0.2, 0.25) is 5.02 Å². The Morgan fingerprint density at radius 2 is 2.06 bits per heavy atom. The van der Waals surface area contributed by atoms with Crippen LogP contribution in [-0.4, -0.2) is 17.4 Å². The molecule has 0 unspecified atom stereocenters. The molecule has 1 heterocycles. The molecule has 0 radical (unpaired) electrons. The summed E-state index contributed by atoms with van der Waals surface area (Å²) in [7, 11) is 0. The molecule has 0 amide bonds. The molecule has 1 saturated carbocycles. The molecule has 4 heteroatoms. The summed E-state index contributed by atoms with van der Waals surface area (Å²) in [6, 6.07) is 1.91. The fourth-order valence-corrected chi connectivity index (χ4v) is 3.01. The van der Waals surface area contributed by atoms with E-state index >= 15 is 0 Å². The number of rotatable bonds is 4. The summed E-state index contributed by atoms with van der Waals surface area (Å²) in [5.74, 6) is 0.725. The van der Waals surface area contributed by atoms with Gasteiger partial charge in [-0.2, -0.15) is 0 Å². The van der Waals surface area contributed by atoms with Crippen molar-refractivity contribution in [2.75, 3.05) is 17.7 Å². The second-order valence-electron chi connectivity index (χ2n) is 4.90. The van der Waals surface area contributed by atoms with Crippen LogP contribution < -0.4 is 5.32 Å². The number of hydrogen-bond donors (Lipinski definition) is 1. The molecule has 2 rings (SSSR count). The van der Waals surface area contributed by atoms with E-state index in [-0.39, 0.29) is 5.41 Å². The van der Waals surface area contributed by atoms with Crippen molar-refractivity contribution in [3.05, 3.63) is 23.5 Å². The van der Waals surface area contributed by atoms with E-state index in [2.05, 4.69) is 10.3 Å². The van der Waals surface area contributed by atoms with Crippen LogP contribution in [0.25, 0.3) is 0 Å². The highest BCUT2D eigenvalue weighted by atomic mass is 35.5. The van der Waals surface area contributed by atoms with Crippen molar-refractivity contribution in [3.63, 3.8) is 0 Å². The van der Waals surface area contributed by atoms with Crippen molar-refractivity contribution in [1.82, 2.24) is 4.98 Å². The Labute approximate surface area is 113 Å². The molecule has 1 fully saturated rings. The third-order valence-corrected chi connectivity index (χ3v) is 4.49. The van der Waals surface area contributed by atoms with Crippen LogP contribution >= 0.6 is 23.2 Å². The number of pyridine rings is 1. The summed E-state index contributed by atoms with van der Waals surface area (Å²) in [4.78, 5) is 3.98. The molecule has 0 atom stereocenters. The van der Waals surface area contributed by atoms with E-state index in [0.29, 0.717) is 5.02 Å². The molecule has 94 valence electrons. The van der Waals surface area contributed by atoms with Crippen LogP contribution in [0, 0.1) is 5.41 Å². The number of anilines is 1. The van der Waals surface area contributed by atoms with Crippen molar-refractivity contribution in [3.8, 4) is 0 Å². The second kappa shape index (κ2) is 5.92. The van der Waals surface area contributed by atoms with Crippen LogP contribution in [0.4, 0.5) is 5.69 Å². The Kier molecular flexibility index (Phi) is 4.52. The summed E-state index contributed by atoms with van der Waals surface area (Å²) in [5, 5.41) is 4.09. The van der Waals surface area contributed by atoms with Gasteiger partial charge in [0.05, 0.1) is 10.7 Å². The molecule has 1 aromatic heterocycles. The van der Waals surface area contributed by atoms with Crippen molar-refractivity contribution >= 4 is 28.9 Å². The number of aromatic nitrogens is 1. The minimum Gasteiger partial charge on any atom is -0.383 e. The monoisotopic (exact) mass is 272 g/mol. The van der Waals surface area contributed by atoms with E-state index in [0.717, 1.165) is 18.1 Å². The van der Waals surface area contributed by atoms with Crippen molar-refractivity contribution in [2.24, 2.45) is 5.41 Å². The van der Waals surface area contributed by atoms with Gasteiger partial charge in [0.25, 0.3) is 0 Å². The summed E-state index contributed by atoms with van der Waals surface area (Å²) in [6.45, 7) is 0.903. The molecule has 1 aliphatic rings. The predicted molar refractivity (Wildman–Crippen MR) is 74.0 cm³/mol. The number of alkyl halides is 1. The first kappa shape index (κ1) is 13.0. The van der Waals surface area contributed by atoms with E-state index < -0.39 is 0 Å². The Balaban J connectivity index is 1.98. The molecule has 0 bridgehead atoms. The van der Waals surface area contributed by atoms with Gasteiger partial charge in [-0.1, -0.05) is 30.9 Å². The largest absolute Gasteiger partial charge is 0.383 e. The molecule has 1 aliphatic carbocycles. The molecule has 1 aromatic rings. The molecule has 0 aromatic carbocycles. The second-order valence-corrected chi connectivity index (χ2v) is 5.58. The third kappa shape index (κ3) is 3.26. The normalized spacial score (nSPS) is 18.9. The summed E-state index contributed by atoms with van der Waals surface area (Å²) in [5.41, 5.74) is 1.20. The zero-order chi connectivity index (χ0) is 12.1. The standard InChI is InChI=1S/C13H18Cl2N2/c14-9-13(5-2-1-3-6-13)10-17-12-4-7-16-8-11(12)15/h4,7-8H,1-3,5-6,9-10H2,(H,16,17). The van der Waals surface area contributed by atoms with Crippen molar-refractivity contribution < 1.29 is 0 Å². The molecule has 2 nitrogen and oxygen atoms in total. The average Bonchev–Trinajstić information content (AvgIpc) is 2.39. The number of halogens is 2. The van der Waals surface area contributed by atoms with Gasteiger partial charge in [0.1, 0.15) is 0 Å². The maximum Gasteiger partial charge on any atom is 0.0820 e. The highest BCUT2D eigenvalue weighted by Gasteiger charge is 2.30. The van der Waals surface area contributed by atoms with Gasteiger partial charge in [-0.25, -0.2) is 0 Å². The summed E-state index contributed by atoms with van der Waals surface area (Å²) >= 11 is 12.2. The highest BCUT2D eigenvalue weighted by Crippen LogP contribution is 2.37. The Morgan fingerprint density at radius 3 is 2.71 bits per heavy atom. The Bertz CT molecular complexity index is 362. The van der Waals surface area contributed by atoms with Gasteiger partial charge in [-0.05, 0) is 18.9 Å². The van der Waals surface area contributed by atoms with Crippen molar-refractivity contribution in [1.29, 1.82) is 0 Å². The molecule has 0 saturated heterocycles. The van der Waals surface area contributed by atoms with Crippen LogP contribution in [0.15, 0.2) is 18.5 Å². The maximum atomic E-state index is 6.16. The lowest BCUT2D eigenvalue weighted by Gasteiger charge is -2.36. The van der Waals surface area contributed by atoms with Crippen molar-refractivity contribution in [2.45, 2.75) is 32.1 Å². The van der Waals surface area contributed by atoms with E-state index in [4.69, 9.17) is 23.2 Å². The molecular formula is C13H18Cl2N2. The van der Waals surface area contributed by atoms with E-state index in [9.17, 15) is 0 Å². The van der Waals surface area contributed by atoms with Crippen LogP contribution in [0.1, 0.15) is 32.1 Å². The first-order valence-electron chi connectivity index (χ1n) is 6.15. The van der Waals surface area contributed by atoms with Crippen LogP contribution in [-0.2, 0) is 0 Å².